The second kappa shape index (κ2) is 12.1. The average molecular weight is 468 g/mol. The number of hydrogen-bond acceptors (Lipinski definition) is 4. The summed E-state index contributed by atoms with van der Waals surface area (Å²) in [5, 5.41) is 14.4. The molecule has 2 aromatic rings. The van der Waals surface area contributed by atoms with Crippen LogP contribution < -0.4 is 15.4 Å². The van der Waals surface area contributed by atoms with Crippen molar-refractivity contribution in [1.29, 1.82) is 0 Å². The molecule has 1 unspecified atom stereocenters. The van der Waals surface area contributed by atoms with E-state index in [4.69, 9.17) is 9.84 Å². The van der Waals surface area contributed by atoms with E-state index in [2.05, 4.69) is 10.6 Å². The Labute approximate surface area is 200 Å². The lowest BCUT2D eigenvalue weighted by molar-refractivity contribution is -0.137. The summed E-state index contributed by atoms with van der Waals surface area (Å²) in [6.45, 7) is 2.65. The summed E-state index contributed by atoms with van der Waals surface area (Å²) in [4.78, 5) is 38.1. The van der Waals surface area contributed by atoms with Gasteiger partial charge < -0.3 is 25.4 Å². The number of benzene rings is 2. The zero-order valence-corrected chi connectivity index (χ0v) is 19.8. The van der Waals surface area contributed by atoms with Gasteiger partial charge in [-0.15, -0.1) is 0 Å². The number of carboxylic acid groups (broad SMARTS) is 1. The van der Waals surface area contributed by atoms with Crippen molar-refractivity contribution in [3.63, 3.8) is 0 Å². The summed E-state index contributed by atoms with van der Waals surface area (Å²) < 4.78 is 5.46. The van der Waals surface area contributed by atoms with E-state index in [9.17, 15) is 14.4 Å². The number of para-hydroxylation sites is 1. The molecule has 0 spiro atoms. The Bertz CT molecular complexity index is 1020. The Morgan fingerprint density at radius 3 is 2.59 bits per heavy atom. The molecule has 8 nitrogen and oxygen atoms in total. The quantitative estimate of drug-likeness (QED) is 0.434. The van der Waals surface area contributed by atoms with Crippen LogP contribution in [-0.4, -0.2) is 47.6 Å². The minimum atomic E-state index is -0.779. The van der Waals surface area contributed by atoms with Crippen LogP contribution in [0, 0.1) is 6.92 Å². The van der Waals surface area contributed by atoms with E-state index in [0.29, 0.717) is 17.9 Å². The standard InChI is InChI=1S/C26H33N3O5/c1-18-8-3-5-11-21(18)27-26(33)28-22-14-13-19(16-23(22)34-2)17-24(30)29-15-7-10-20(29)9-4-6-12-25(31)32/h3,5,8,11,13-14,16,20H,4,6-7,9-10,12,15,17H2,1-2H3,(H,31,32)(H2,27,28,33). The SMILES string of the molecule is COc1cc(CC(=O)N2CCCC2CCCCC(=O)O)ccc1NC(=O)Nc1ccccc1C. The van der Waals surface area contributed by atoms with Crippen LogP contribution in [0.1, 0.15) is 49.7 Å². The van der Waals surface area contributed by atoms with Gasteiger partial charge in [-0.3, -0.25) is 9.59 Å². The summed E-state index contributed by atoms with van der Waals surface area (Å²) in [5.74, 6) is -0.239. The monoisotopic (exact) mass is 467 g/mol. The molecule has 1 aliphatic heterocycles. The molecule has 3 amide bonds. The summed E-state index contributed by atoms with van der Waals surface area (Å²) in [6, 6.07) is 12.7. The Balaban J connectivity index is 1.58. The number of carbonyl (C=O) groups is 3. The minimum Gasteiger partial charge on any atom is -0.495 e. The number of nitrogens with one attached hydrogen (secondary N) is 2. The molecule has 1 aliphatic rings. The van der Waals surface area contributed by atoms with Crippen molar-refractivity contribution in [2.45, 2.75) is 57.9 Å². The number of carboxylic acids is 1. The minimum absolute atomic E-state index is 0.0563. The van der Waals surface area contributed by atoms with E-state index < -0.39 is 5.97 Å². The molecule has 0 saturated carbocycles. The van der Waals surface area contributed by atoms with Gasteiger partial charge in [0, 0.05) is 24.7 Å². The van der Waals surface area contributed by atoms with Gasteiger partial charge in [-0.1, -0.05) is 30.7 Å². The van der Waals surface area contributed by atoms with Crippen LogP contribution in [0.3, 0.4) is 0 Å². The van der Waals surface area contributed by atoms with Crippen LogP contribution >= 0.6 is 0 Å². The van der Waals surface area contributed by atoms with Crippen LogP contribution in [0.2, 0.25) is 0 Å². The van der Waals surface area contributed by atoms with Gasteiger partial charge in [-0.25, -0.2) is 4.79 Å². The lowest BCUT2D eigenvalue weighted by Gasteiger charge is -2.25. The number of nitrogens with zero attached hydrogens (tertiary/aromatic N) is 1. The van der Waals surface area contributed by atoms with Crippen LogP contribution in [-0.2, 0) is 16.0 Å². The zero-order chi connectivity index (χ0) is 24.5. The average Bonchev–Trinajstić information content (AvgIpc) is 3.28. The van der Waals surface area contributed by atoms with Crippen molar-refractivity contribution in [2.24, 2.45) is 0 Å². The number of rotatable bonds is 10. The molecule has 0 aliphatic carbocycles. The fourth-order valence-corrected chi connectivity index (χ4v) is 4.33. The first kappa shape index (κ1) is 25.1. The number of aryl methyl sites for hydroxylation is 1. The van der Waals surface area contributed by atoms with Gasteiger partial charge in [0.2, 0.25) is 5.91 Å². The highest BCUT2D eigenvalue weighted by atomic mass is 16.5. The van der Waals surface area contributed by atoms with Gasteiger partial charge in [0.1, 0.15) is 5.75 Å². The van der Waals surface area contributed by atoms with Crippen molar-refractivity contribution in [1.82, 2.24) is 4.90 Å². The number of anilines is 2. The molecule has 8 heteroatoms. The van der Waals surface area contributed by atoms with Crippen LogP contribution in [0.15, 0.2) is 42.5 Å². The maximum Gasteiger partial charge on any atom is 0.323 e. The Kier molecular flexibility index (Phi) is 8.90. The van der Waals surface area contributed by atoms with Crippen molar-refractivity contribution < 1.29 is 24.2 Å². The third-order valence-corrected chi connectivity index (χ3v) is 6.14. The van der Waals surface area contributed by atoms with Gasteiger partial charge in [-0.2, -0.15) is 0 Å². The van der Waals surface area contributed by atoms with Crippen LogP contribution in [0.5, 0.6) is 5.75 Å². The number of carbonyl (C=O) groups excluding carboxylic acids is 2. The Morgan fingerprint density at radius 1 is 1.09 bits per heavy atom. The fourth-order valence-electron chi connectivity index (χ4n) is 4.33. The van der Waals surface area contributed by atoms with Gasteiger partial charge in [-0.05, 0) is 61.9 Å². The lowest BCUT2D eigenvalue weighted by atomic mass is 10.0. The third-order valence-electron chi connectivity index (χ3n) is 6.14. The highest BCUT2D eigenvalue weighted by Crippen LogP contribution is 2.28. The van der Waals surface area contributed by atoms with E-state index in [1.807, 2.05) is 42.2 Å². The first-order valence-electron chi connectivity index (χ1n) is 11.7. The molecule has 1 saturated heterocycles. The van der Waals surface area contributed by atoms with Gasteiger partial charge in [0.05, 0.1) is 19.2 Å². The van der Waals surface area contributed by atoms with E-state index >= 15 is 0 Å². The molecule has 3 rings (SSSR count). The summed E-state index contributed by atoms with van der Waals surface area (Å²) >= 11 is 0. The predicted octanol–water partition coefficient (Wildman–Crippen LogP) is 4.83. The van der Waals surface area contributed by atoms with Crippen LogP contribution in [0.4, 0.5) is 16.2 Å². The van der Waals surface area contributed by atoms with E-state index in [0.717, 1.165) is 49.0 Å². The second-order valence-electron chi connectivity index (χ2n) is 8.63. The van der Waals surface area contributed by atoms with E-state index in [1.54, 1.807) is 12.1 Å². The molecular weight excluding hydrogens is 434 g/mol. The zero-order valence-electron chi connectivity index (χ0n) is 19.8. The highest BCUT2D eigenvalue weighted by Gasteiger charge is 2.28. The molecule has 0 radical (unpaired) electrons. The number of amides is 3. The molecular formula is C26H33N3O5. The third kappa shape index (κ3) is 6.97. The smallest absolute Gasteiger partial charge is 0.323 e. The molecule has 182 valence electrons. The number of unbranched alkanes of at least 4 members (excludes halogenated alkanes) is 1. The van der Waals surface area contributed by atoms with E-state index in [-0.39, 0.29) is 30.8 Å². The Morgan fingerprint density at radius 2 is 1.85 bits per heavy atom. The molecule has 1 atom stereocenters. The second-order valence-corrected chi connectivity index (χ2v) is 8.63. The molecule has 0 bridgehead atoms. The van der Waals surface area contributed by atoms with E-state index in [1.165, 1.54) is 7.11 Å². The normalized spacial score (nSPS) is 15.1. The molecule has 1 fully saturated rings. The van der Waals surface area contributed by atoms with Crippen molar-refractivity contribution >= 4 is 29.3 Å². The van der Waals surface area contributed by atoms with Gasteiger partial charge >= 0.3 is 12.0 Å². The maximum atomic E-state index is 13.0. The topological polar surface area (TPSA) is 108 Å². The van der Waals surface area contributed by atoms with Gasteiger partial charge in [0.25, 0.3) is 0 Å². The molecule has 0 aromatic heterocycles. The molecule has 2 aromatic carbocycles. The van der Waals surface area contributed by atoms with Crippen molar-refractivity contribution in [3.8, 4) is 5.75 Å². The summed E-state index contributed by atoms with van der Waals surface area (Å²) in [6.07, 6.45) is 4.62. The number of hydrogen-bond donors (Lipinski definition) is 3. The van der Waals surface area contributed by atoms with Gasteiger partial charge in [0.15, 0.2) is 0 Å². The first-order chi connectivity index (χ1) is 16.4. The predicted molar refractivity (Wildman–Crippen MR) is 131 cm³/mol. The summed E-state index contributed by atoms with van der Waals surface area (Å²) in [7, 11) is 1.53. The first-order valence-corrected chi connectivity index (χ1v) is 11.7. The number of urea groups is 1. The summed E-state index contributed by atoms with van der Waals surface area (Å²) in [5.41, 5.74) is 3.01. The van der Waals surface area contributed by atoms with Crippen molar-refractivity contribution in [3.05, 3.63) is 53.6 Å². The fraction of sp³-hybridized carbons (Fsp3) is 0.423. The molecule has 34 heavy (non-hydrogen) atoms. The lowest BCUT2D eigenvalue weighted by Crippen LogP contribution is -2.36. The number of likely N-dealkylation sites (tertiary alicyclic amines) is 1. The Hall–Kier alpha value is -3.55. The molecule has 3 N–H and O–H groups in total. The number of methoxy groups -OCH3 is 1. The van der Waals surface area contributed by atoms with Crippen LogP contribution in [0.25, 0.3) is 0 Å². The highest BCUT2D eigenvalue weighted by molar-refractivity contribution is 6.01. The maximum absolute atomic E-state index is 13.0. The largest absolute Gasteiger partial charge is 0.495 e. The van der Waals surface area contributed by atoms with Crippen molar-refractivity contribution in [2.75, 3.05) is 24.3 Å². The molecule has 1 heterocycles. The number of ether oxygens (including phenoxy) is 1. The number of aliphatic carboxylic acids is 1.